The number of likely N-dealkylation sites (N-methyl/N-ethyl adjacent to an activating group) is 1. The fourth-order valence-corrected chi connectivity index (χ4v) is 3.85. The minimum Gasteiger partial charge on any atom is -0.341 e. The van der Waals surface area contributed by atoms with E-state index in [-0.39, 0.29) is 17.9 Å². The summed E-state index contributed by atoms with van der Waals surface area (Å²) in [6, 6.07) is 16.6. The summed E-state index contributed by atoms with van der Waals surface area (Å²) in [5, 5.41) is 3.60. The van der Waals surface area contributed by atoms with Crippen LogP contribution < -0.4 is 5.32 Å². The number of amides is 2. The predicted molar refractivity (Wildman–Crippen MR) is 114 cm³/mol. The highest BCUT2D eigenvalue weighted by molar-refractivity contribution is 7.18. The minimum atomic E-state index is -0.630. The van der Waals surface area contributed by atoms with Gasteiger partial charge in [0.25, 0.3) is 0 Å². The van der Waals surface area contributed by atoms with Gasteiger partial charge in [-0.25, -0.2) is 4.98 Å². The van der Waals surface area contributed by atoms with Crippen molar-refractivity contribution >= 4 is 39.4 Å². The lowest BCUT2D eigenvalue weighted by Crippen LogP contribution is -2.45. The smallest absolute Gasteiger partial charge is 0.245 e. The molecule has 0 bridgehead atoms. The second kappa shape index (κ2) is 8.80. The van der Waals surface area contributed by atoms with Gasteiger partial charge in [-0.15, -0.1) is 11.3 Å². The van der Waals surface area contributed by atoms with Crippen LogP contribution in [0.4, 0.5) is 0 Å². The van der Waals surface area contributed by atoms with E-state index in [1.54, 1.807) is 36.3 Å². The van der Waals surface area contributed by atoms with Gasteiger partial charge in [0.2, 0.25) is 11.8 Å². The number of hydrogen-bond acceptors (Lipinski definition) is 4. The molecular formula is C22H23N3O2S. The summed E-state index contributed by atoms with van der Waals surface area (Å²) in [5.74, 6) is -0.459. The van der Waals surface area contributed by atoms with Crippen LogP contribution in [0.3, 0.4) is 0 Å². The third-order valence-electron chi connectivity index (χ3n) is 4.55. The van der Waals surface area contributed by atoms with Gasteiger partial charge < -0.3 is 10.2 Å². The molecule has 2 atom stereocenters. The molecule has 1 aromatic heterocycles. The second-order valence-electron chi connectivity index (χ2n) is 6.62. The molecular weight excluding hydrogens is 370 g/mol. The first-order valence-corrected chi connectivity index (χ1v) is 9.93. The Balaban J connectivity index is 1.61. The van der Waals surface area contributed by atoms with Gasteiger partial charge in [0.15, 0.2) is 0 Å². The summed E-state index contributed by atoms with van der Waals surface area (Å²) in [6.07, 6.45) is 3.16. The lowest BCUT2D eigenvalue weighted by Gasteiger charge is -2.26. The highest BCUT2D eigenvalue weighted by Gasteiger charge is 2.25. The van der Waals surface area contributed by atoms with E-state index in [4.69, 9.17) is 0 Å². The normalized spacial score (nSPS) is 13.4. The number of fused-ring (bicyclic) bond motifs is 1. The van der Waals surface area contributed by atoms with Crippen molar-refractivity contribution in [1.29, 1.82) is 0 Å². The average molecular weight is 394 g/mol. The molecule has 0 fully saturated rings. The Morgan fingerprint density at radius 1 is 1.07 bits per heavy atom. The number of para-hydroxylation sites is 1. The van der Waals surface area contributed by atoms with E-state index in [0.29, 0.717) is 0 Å². The summed E-state index contributed by atoms with van der Waals surface area (Å²) in [7, 11) is 1.74. The largest absolute Gasteiger partial charge is 0.341 e. The van der Waals surface area contributed by atoms with Crippen LogP contribution in [0, 0.1) is 0 Å². The van der Waals surface area contributed by atoms with Crippen molar-refractivity contribution in [3.8, 4) is 0 Å². The molecule has 144 valence electrons. The predicted octanol–water partition coefficient (Wildman–Crippen LogP) is 4.03. The monoisotopic (exact) mass is 393 g/mol. The van der Waals surface area contributed by atoms with Crippen molar-refractivity contribution < 1.29 is 9.59 Å². The number of aromatic nitrogens is 1. The van der Waals surface area contributed by atoms with Crippen molar-refractivity contribution in [3.05, 3.63) is 71.2 Å². The van der Waals surface area contributed by atoms with Crippen LogP contribution >= 0.6 is 11.3 Å². The third kappa shape index (κ3) is 4.64. The van der Waals surface area contributed by atoms with E-state index >= 15 is 0 Å². The van der Waals surface area contributed by atoms with Crippen LogP contribution in [-0.2, 0) is 9.59 Å². The van der Waals surface area contributed by atoms with E-state index in [2.05, 4.69) is 10.3 Å². The second-order valence-corrected chi connectivity index (χ2v) is 7.68. The maximum absolute atomic E-state index is 12.7. The Hall–Kier alpha value is -2.99. The number of thiazole rings is 1. The minimum absolute atomic E-state index is 0.159. The van der Waals surface area contributed by atoms with E-state index < -0.39 is 6.04 Å². The van der Waals surface area contributed by atoms with Gasteiger partial charge >= 0.3 is 0 Å². The van der Waals surface area contributed by atoms with E-state index in [1.807, 2.05) is 61.5 Å². The molecule has 0 saturated heterocycles. The molecule has 0 saturated carbocycles. The number of hydrogen-bond donors (Lipinski definition) is 1. The van der Waals surface area contributed by atoms with Gasteiger partial charge in [-0.2, -0.15) is 0 Å². The van der Waals surface area contributed by atoms with E-state index in [1.165, 1.54) is 6.08 Å². The average Bonchev–Trinajstić information content (AvgIpc) is 3.15. The van der Waals surface area contributed by atoms with E-state index in [0.717, 1.165) is 20.8 Å². The number of nitrogens with zero attached hydrogens (tertiary/aromatic N) is 2. The Kier molecular flexibility index (Phi) is 6.21. The van der Waals surface area contributed by atoms with Crippen molar-refractivity contribution in [2.45, 2.75) is 25.9 Å². The number of carbonyl (C=O) groups is 2. The SMILES string of the molecule is C[C@H](NC(=O)/C=C/c1ccccc1)C(=O)N(C)[C@@H](C)c1nc2ccccc2s1. The molecule has 2 amide bonds. The molecule has 0 aliphatic heterocycles. The Labute approximate surface area is 168 Å². The van der Waals surface area contributed by atoms with Crippen LogP contribution in [0.2, 0.25) is 0 Å². The first-order chi connectivity index (χ1) is 13.5. The fourth-order valence-electron chi connectivity index (χ4n) is 2.79. The van der Waals surface area contributed by atoms with Crippen LogP contribution in [-0.4, -0.2) is 34.8 Å². The summed E-state index contributed by atoms with van der Waals surface area (Å²) in [6.45, 7) is 3.64. The van der Waals surface area contributed by atoms with Gasteiger partial charge in [-0.05, 0) is 37.6 Å². The number of benzene rings is 2. The van der Waals surface area contributed by atoms with Crippen LogP contribution in [0.15, 0.2) is 60.7 Å². The molecule has 3 aromatic rings. The highest BCUT2D eigenvalue weighted by atomic mass is 32.1. The molecule has 0 aliphatic carbocycles. The molecule has 0 radical (unpaired) electrons. The van der Waals surface area contributed by atoms with Gasteiger partial charge in [0.05, 0.1) is 16.3 Å². The van der Waals surface area contributed by atoms with Gasteiger partial charge in [0.1, 0.15) is 11.0 Å². The van der Waals surface area contributed by atoms with Crippen molar-refractivity contribution in [2.75, 3.05) is 7.05 Å². The van der Waals surface area contributed by atoms with Crippen molar-refractivity contribution in [2.24, 2.45) is 0 Å². The van der Waals surface area contributed by atoms with Gasteiger partial charge in [-0.3, -0.25) is 9.59 Å². The zero-order valence-corrected chi connectivity index (χ0v) is 16.9. The summed E-state index contributed by atoms with van der Waals surface area (Å²) >= 11 is 1.58. The number of rotatable bonds is 6. The molecule has 5 nitrogen and oxygen atoms in total. The molecule has 28 heavy (non-hydrogen) atoms. The topological polar surface area (TPSA) is 62.3 Å². The van der Waals surface area contributed by atoms with Gasteiger partial charge in [-0.1, -0.05) is 42.5 Å². The molecule has 0 unspecified atom stereocenters. The quantitative estimate of drug-likeness (QED) is 0.643. The maximum Gasteiger partial charge on any atom is 0.245 e. The molecule has 6 heteroatoms. The zero-order chi connectivity index (χ0) is 20.1. The third-order valence-corrected chi connectivity index (χ3v) is 5.76. The van der Waals surface area contributed by atoms with Crippen LogP contribution in [0.25, 0.3) is 16.3 Å². The molecule has 1 N–H and O–H groups in total. The summed E-state index contributed by atoms with van der Waals surface area (Å²) in [5.41, 5.74) is 1.86. The fraction of sp³-hybridized carbons (Fsp3) is 0.227. The Bertz CT molecular complexity index is 964. The molecule has 2 aromatic carbocycles. The van der Waals surface area contributed by atoms with Crippen LogP contribution in [0.1, 0.15) is 30.5 Å². The highest BCUT2D eigenvalue weighted by Crippen LogP contribution is 2.29. The van der Waals surface area contributed by atoms with Crippen LogP contribution in [0.5, 0.6) is 0 Å². The zero-order valence-electron chi connectivity index (χ0n) is 16.1. The van der Waals surface area contributed by atoms with Crippen molar-refractivity contribution in [3.63, 3.8) is 0 Å². The Morgan fingerprint density at radius 3 is 2.46 bits per heavy atom. The number of carbonyl (C=O) groups excluding carboxylic acids is 2. The molecule has 3 rings (SSSR count). The lowest BCUT2D eigenvalue weighted by molar-refractivity contribution is -0.135. The van der Waals surface area contributed by atoms with Gasteiger partial charge in [0, 0.05) is 13.1 Å². The van der Waals surface area contributed by atoms with Crippen molar-refractivity contribution in [1.82, 2.24) is 15.2 Å². The first kappa shape index (κ1) is 19.8. The first-order valence-electron chi connectivity index (χ1n) is 9.11. The summed E-state index contributed by atoms with van der Waals surface area (Å²) in [4.78, 5) is 31.1. The lowest BCUT2D eigenvalue weighted by atomic mass is 10.2. The molecule has 0 spiro atoms. The molecule has 0 aliphatic rings. The number of nitrogens with one attached hydrogen (secondary N) is 1. The standard InChI is InChI=1S/C22H23N3O2S/c1-15(23-20(26)14-13-17-9-5-4-6-10-17)22(27)25(3)16(2)21-24-18-11-7-8-12-19(18)28-21/h4-16H,1-3H3,(H,23,26)/b14-13+/t15-,16-/m0/s1. The maximum atomic E-state index is 12.7. The Morgan fingerprint density at radius 2 is 1.75 bits per heavy atom. The summed E-state index contributed by atoms with van der Waals surface area (Å²) < 4.78 is 1.09. The molecule has 1 heterocycles. The van der Waals surface area contributed by atoms with E-state index in [9.17, 15) is 9.59 Å².